The predicted octanol–water partition coefficient (Wildman–Crippen LogP) is 3.13. The van der Waals surface area contributed by atoms with Crippen molar-refractivity contribution in [3.8, 4) is 0 Å². The molecule has 0 radical (unpaired) electrons. The molecule has 6 nitrogen and oxygen atoms in total. The summed E-state index contributed by atoms with van der Waals surface area (Å²) in [7, 11) is -3.60. The molecule has 0 saturated heterocycles. The average Bonchev–Trinajstić information content (AvgIpc) is 3.31. The quantitative estimate of drug-likeness (QED) is 0.736. The van der Waals surface area contributed by atoms with Gasteiger partial charge in [-0.05, 0) is 55.2 Å². The lowest BCUT2D eigenvalue weighted by molar-refractivity contribution is -0.119. The highest BCUT2D eigenvalue weighted by molar-refractivity contribution is 7.91. The lowest BCUT2D eigenvalue weighted by Gasteiger charge is -2.22. The normalized spacial score (nSPS) is 17.7. The van der Waals surface area contributed by atoms with Gasteiger partial charge in [0, 0.05) is 36.8 Å². The minimum Gasteiger partial charge on any atom is -0.312 e. The molecule has 1 unspecified atom stereocenters. The molecule has 0 spiro atoms. The van der Waals surface area contributed by atoms with E-state index in [0.29, 0.717) is 19.4 Å². The van der Waals surface area contributed by atoms with Gasteiger partial charge in [-0.15, -0.1) is 0 Å². The Morgan fingerprint density at radius 2 is 1.80 bits per heavy atom. The van der Waals surface area contributed by atoms with E-state index in [-0.39, 0.29) is 34.9 Å². The molecule has 0 fully saturated rings. The molecule has 30 heavy (non-hydrogen) atoms. The van der Waals surface area contributed by atoms with Gasteiger partial charge in [-0.2, -0.15) is 0 Å². The fraction of sp³-hybridized carbons (Fsp3) is 0.391. The lowest BCUT2D eigenvalue weighted by atomic mass is 10.1. The van der Waals surface area contributed by atoms with Crippen molar-refractivity contribution in [2.75, 3.05) is 22.1 Å². The second-order valence-electron chi connectivity index (χ2n) is 7.95. The number of anilines is 2. The zero-order chi connectivity index (χ0) is 21.5. The summed E-state index contributed by atoms with van der Waals surface area (Å²) in [6.07, 6.45) is 1.79. The number of rotatable bonds is 5. The van der Waals surface area contributed by atoms with Crippen LogP contribution >= 0.6 is 0 Å². The molecule has 2 aliphatic rings. The van der Waals surface area contributed by atoms with Gasteiger partial charge < -0.3 is 9.80 Å². The van der Waals surface area contributed by atoms with Gasteiger partial charge in [0.25, 0.3) is 0 Å². The summed E-state index contributed by atoms with van der Waals surface area (Å²) in [6.45, 7) is 4.38. The van der Waals surface area contributed by atoms with Crippen molar-refractivity contribution in [3.05, 3.63) is 53.6 Å². The number of hydrogen-bond donors (Lipinski definition) is 0. The van der Waals surface area contributed by atoms with Gasteiger partial charge in [0.05, 0.1) is 10.6 Å². The van der Waals surface area contributed by atoms with E-state index in [1.165, 1.54) is 0 Å². The summed E-state index contributed by atoms with van der Waals surface area (Å²) in [5, 5.41) is 0. The summed E-state index contributed by atoms with van der Waals surface area (Å²) in [4.78, 5) is 28.6. The molecule has 2 heterocycles. The topological polar surface area (TPSA) is 74.8 Å². The zero-order valence-electron chi connectivity index (χ0n) is 17.3. The van der Waals surface area contributed by atoms with Crippen molar-refractivity contribution in [1.82, 2.24) is 0 Å². The lowest BCUT2D eigenvalue weighted by Crippen LogP contribution is -2.35. The maximum Gasteiger partial charge on any atom is 0.228 e. The van der Waals surface area contributed by atoms with Crippen LogP contribution in [0.25, 0.3) is 0 Å². The van der Waals surface area contributed by atoms with Crippen LogP contribution in [-0.4, -0.2) is 38.6 Å². The molecule has 2 aromatic rings. The van der Waals surface area contributed by atoms with Crippen molar-refractivity contribution in [2.24, 2.45) is 0 Å². The summed E-state index contributed by atoms with van der Waals surface area (Å²) in [5.74, 6) is -0.359. The van der Waals surface area contributed by atoms with E-state index in [9.17, 15) is 18.0 Å². The first-order valence-electron chi connectivity index (χ1n) is 10.4. The second-order valence-corrected chi connectivity index (χ2v) is 10.1. The van der Waals surface area contributed by atoms with E-state index in [1.807, 2.05) is 38.1 Å². The number of carbonyl (C=O) groups is 2. The molecule has 0 saturated carbocycles. The maximum atomic E-state index is 12.9. The van der Waals surface area contributed by atoms with Crippen LogP contribution in [0.4, 0.5) is 11.4 Å². The SMILES string of the molecule is CCC(=O)N1c2ccc(S(=O)(=O)CCC(=O)N3CCc4ccccc43)cc2CC1C. The fourth-order valence-electron chi connectivity index (χ4n) is 4.42. The third kappa shape index (κ3) is 3.62. The Kier molecular flexibility index (Phi) is 5.40. The number of hydrogen-bond acceptors (Lipinski definition) is 4. The average molecular weight is 427 g/mol. The molecule has 1 atom stereocenters. The molecule has 2 amide bonds. The Labute approximate surface area is 177 Å². The zero-order valence-corrected chi connectivity index (χ0v) is 18.1. The Balaban J connectivity index is 1.48. The highest BCUT2D eigenvalue weighted by Crippen LogP contribution is 2.35. The van der Waals surface area contributed by atoms with E-state index in [2.05, 4.69) is 0 Å². The Morgan fingerprint density at radius 1 is 1.03 bits per heavy atom. The highest BCUT2D eigenvalue weighted by Gasteiger charge is 2.31. The molecule has 2 aromatic carbocycles. The minimum absolute atomic E-state index is 0.0159. The van der Waals surface area contributed by atoms with Gasteiger partial charge in [0.2, 0.25) is 11.8 Å². The largest absolute Gasteiger partial charge is 0.312 e. The molecule has 158 valence electrons. The summed E-state index contributed by atoms with van der Waals surface area (Å²) in [5.41, 5.74) is 3.66. The van der Waals surface area contributed by atoms with Gasteiger partial charge in [0.1, 0.15) is 0 Å². The number of amides is 2. The van der Waals surface area contributed by atoms with E-state index >= 15 is 0 Å². The number of fused-ring (bicyclic) bond motifs is 2. The molecule has 2 aliphatic heterocycles. The molecular formula is C23H26N2O4S. The van der Waals surface area contributed by atoms with E-state index in [1.54, 1.807) is 28.0 Å². The third-order valence-corrected chi connectivity index (χ3v) is 7.68. The molecule has 7 heteroatoms. The van der Waals surface area contributed by atoms with Crippen LogP contribution in [0.3, 0.4) is 0 Å². The van der Waals surface area contributed by atoms with Crippen LogP contribution in [0, 0.1) is 0 Å². The van der Waals surface area contributed by atoms with Crippen LogP contribution in [0.2, 0.25) is 0 Å². The molecule has 0 N–H and O–H groups in total. The minimum atomic E-state index is -3.60. The fourth-order valence-corrected chi connectivity index (χ4v) is 5.70. The van der Waals surface area contributed by atoms with Gasteiger partial charge in [0.15, 0.2) is 9.84 Å². The maximum absolute atomic E-state index is 12.9. The standard InChI is InChI=1S/C23H26N2O4S/c1-3-22(26)25-16(2)14-18-15-19(8-9-21(18)25)30(28,29)13-11-23(27)24-12-10-17-6-4-5-7-20(17)24/h4-9,15-16H,3,10-14H2,1-2H3. The predicted molar refractivity (Wildman–Crippen MR) is 117 cm³/mol. The van der Waals surface area contributed by atoms with Gasteiger partial charge in [-0.3, -0.25) is 9.59 Å². The number of nitrogens with zero attached hydrogens (tertiary/aromatic N) is 2. The van der Waals surface area contributed by atoms with E-state index < -0.39 is 9.84 Å². The van der Waals surface area contributed by atoms with Crippen LogP contribution in [0.15, 0.2) is 47.4 Å². The van der Waals surface area contributed by atoms with E-state index in [0.717, 1.165) is 28.9 Å². The summed E-state index contributed by atoms with van der Waals surface area (Å²) < 4.78 is 25.8. The number of sulfone groups is 1. The van der Waals surface area contributed by atoms with E-state index in [4.69, 9.17) is 0 Å². The molecular weight excluding hydrogens is 400 g/mol. The smallest absolute Gasteiger partial charge is 0.228 e. The highest BCUT2D eigenvalue weighted by atomic mass is 32.2. The van der Waals surface area contributed by atoms with Crippen molar-refractivity contribution in [2.45, 2.75) is 50.5 Å². The van der Waals surface area contributed by atoms with Crippen LogP contribution in [0.5, 0.6) is 0 Å². The molecule has 0 aliphatic carbocycles. The molecule has 0 aromatic heterocycles. The van der Waals surface area contributed by atoms with Crippen LogP contribution in [-0.2, 0) is 32.3 Å². The van der Waals surface area contributed by atoms with Crippen LogP contribution in [0.1, 0.15) is 37.8 Å². The second kappa shape index (κ2) is 7.87. The van der Waals surface area contributed by atoms with Crippen molar-refractivity contribution in [1.29, 1.82) is 0 Å². The Bertz CT molecular complexity index is 1110. The van der Waals surface area contributed by atoms with Crippen LogP contribution < -0.4 is 9.80 Å². The number of carbonyl (C=O) groups excluding carboxylic acids is 2. The summed E-state index contributed by atoms with van der Waals surface area (Å²) in [6, 6.07) is 12.7. The first-order valence-corrected chi connectivity index (χ1v) is 12.0. The monoisotopic (exact) mass is 426 g/mol. The van der Waals surface area contributed by atoms with Crippen molar-refractivity contribution < 1.29 is 18.0 Å². The van der Waals surface area contributed by atoms with Gasteiger partial charge >= 0.3 is 0 Å². The van der Waals surface area contributed by atoms with Gasteiger partial charge in [-0.1, -0.05) is 25.1 Å². The van der Waals surface area contributed by atoms with Gasteiger partial charge in [-0.25, -0.2) is 8.42 Å². The Morgan fingerprint density at radius 3 is 2.57 bits per heavy atom. The first kappa shape index (κ1) is 20.6. The number of para-hydroxylation sites is 1. The number of benzene rings is 2. The van der Waals surface area contributed by atoms with Crippen molar-refractivity contribution >= 4 is 33.0 Å². The first-order chi connectivity index (χ1) is 14.3. The van der Waals surface area contributed by atoms with Crippen molar-refractivity contribution in [3.63, 3.8) is 0 Å². The molecule has 0 bridgehead atoms. The third-order valence-electron chi connectivity index (χ3n) is 5.97. The summed E-state index contributed by atoms with van der Waals surface area (Å²) >= 11 is 0. The molecule has 4 rings (SSSR count). The Hall–Kier alpha value is -2.67.